The minimum absolute atomic E-state index is 0.0135. The molecule has 7 nitrogen and oxygen atoms in total. The van der Waals surface area contributed by atoms with Gasteiger partial charge in [0.2, 0.25) is 11.5 Å². The minimum Gasteiger partial charge on any atom is -0.491 e. The van der Waals surface area contributed by atoms with Crippen molar-refractivity contribution in [3.8, 4) is 5.75 Å². The Labute approximate surface area is 172 Å². The summed E-state index contributed by atoms with van der Waals surface area (Å²) in [5, 5.41) is 22.0. The number of aliphatic hydroxyl groups excluding tert-OH is 1. The smallest absolute Gasteiger partial charge is 0.425 e. The predicted octanol–water partition coefficient (Wildman–Crippen LogP) is 2.13. The molecule has 0 fully saturated rings. The van der Waals surface area contributed by atoms with Crippen molar-refractivity contribution in [2.24, 2.45) is 7.05 Å². The Hall–Kier alpha value is -2.80. The highest BCUT2D eigenvalue weighted by Gasteiger charge is 2.58. The van der Waals surface area contributed by atoms with E-state index in [0.717, 1.165) is 35.0 Å². The second-order valence-electron chi connectivity index (χ2n) is 6.69. The van der Waals surface area contributed by atoms with E-state index >= 15 is 0 Å². The molecule has 1 aromatic carbocycles. The number of imidazole rings is 1. The Kier molecular flexibility index (Phi) is 7.21. The van der Waals surface area contributed by atoms with Gasteiger partial charge in [-0.05, 0) is 24.3 Å². The van der Waals surface area contributed by atoms with E-state index in [0.29, 0.717) is 0 Å². The Morgan fingerprint density at radius 1 is 1.19 bits per heavy atom. The molecule has 0 aliphatic carbocycles. The molecule has 0 radical (unpaired) electrons. The molecule has 2 rings (SSSR count). The van der Waals surface area contributed by atoms with Crippen LogP contribution in [0, 0.1) is 0 Å². The number of ether oxygens (including phenoxy) is 1. The molecular formula is C18H19F6N3O4. The zero-order chi connectivity index (χ0) is 23.4. The first kappa shape index (κ1) is 24.5. The standard InChI is InChI=1S/C18H19F6N3O4/c1-27-7-6-25-15(27)16(30,18(22,23)24)8-14(29)26-9-12(28)10-31-13-4-2-11(3-5-13)17(19,20)21/h2-7,12,28,30H,8-10H2,1H3,(H,26,29). The van der Waals surface area contributed by atoms with Crippen molar-refractivity contribution in [1.82, 2.24) is 14.9 Å². The van der Waals surface area contributed by atoms with Gasteiger partial charge in [0.25, 0.3) is 0 Å². The summed E-state index contributed by atoms with van der Waals surface area (Å²) in [5.74, 6) is -1.97. The Balaban J connectivity index is 1.89. The maximum atomic E-state index is 13.4. The quantitative estimate of drug-likeness (QED) is 0.530. The zero-order valence-corrected chi connectivity index (χ0v) is 16.0. The Morgan fingerprint density at radius 2 is 1.81 bits per heavy atom. The van der Waals surface area contributed by atoms with Gasteiger partial charge in [-0.2, -0.15) is 26.3 Å². The summed E-state index contributed by atoms with van der Waals surface area (Å²) in [7, 11) is 1.22. The summed E-state index contributed by atoms with van der Waals surface area (Å²) in [5.41, 5.74) is -4.44. The van der Waals surface area contributed by atoms with E-state index in [1.54, 1.807) is 0 Å². The lowest BCUT2D eigenvalue weighted by Crippen LogP contribution is -2.48. The van der Waals surface area contributed by atoms with Crippen molar-refractivity contribution in [2.45, 2.75) is 30.5 Å². The molecule has 0 aliphatic heterocycles. The summed E-state index contributed by atoms with van der Waals surface area (Å²) in [6.07, 6.45) is -10.3. The molecule has 0 aliphatic rings. The number of alkyl halides is 6. The van der Waals surface area contributed by atoms with E-state index in [-0.39, 0.29) is 5.75 Å². The number of aliphatic hydroxyl groups is 2. The van der Waals surface area contributed by atoms with Crippen molar-refractivity contribution < 1.29 is 46.1 Å². The average molecular weight is 455 g/mol. The molecule has 31 heavy (non-hydrogen) atoms. The third kappa shape index (κ3) is 6.10. The number of aryl methyl sites for hydroxylation is 1. The van der Waals surface area contributed by atoms with Crippen LogP contribution in [-0.4, -0.2) is 51.1 Å². The summed E-state index contributed by atoms with van der Waals surface area (Å²) in [6, 6.07) is 3.62. The molecule has 13 heteroatoms. The van der Waals surface area contributed by atoms with Gasteiger partial charge in [0.15, 0.2) is 5.82 Å². The average Bonchev–Trinajstić information content (AvgIpc) is 3.10. The lowest BCUT2D eigenvalue weighted by Gasteiger charge is -2.29. The van der Waals surface area contributed by atoms with Crippen molar-refractivity contribution in [3.63, 3.8) is 0 Å². The molecule has 2 atom stereocenters. The molecule has 172 valence electrons. The molecular weight excluding hydrogens is 436 g/mol. The van der Waals surface area contributed by atoms with Crippen molar-refractivity contribution >= 4 is 5.91 Å². The number of benzene rings is 1. The first-order chi connectivity index (χ1) is 14.2. The van der Waals surface area contributed by atoms with Crippen molar-refractivity contribution in [2.75, 3.05) is 13.2 Å². The first-order valence-electron chi connectivity index (χ1n) is 8.76. The number of nitrogens with zero attached hydrogens (tertiary/aromatic N) is 2. The molecule has 0 bridgehead atoms. The maximum Gasteiger partial charge on any atom is 0.425 e. The van der Waals surface area contributed by atoms with Gasteiger partial charge in [-0.25, -0.2) is 4.98 Å². The number of carbonyl (C=O) groups is 1. The SMILES string of the molecule is Cn1ccnc1C(O)(CC(=O)NCC(O)COc1ccc(C(F)(F)F)cc1)C(F)(F)F. The topological polar surface area (TPSA) is 96.6 Å². The molecule has 3 N–H and O–H groups in total. The van der Waals surface area contributed by atoms with Crippen LogP contribution < -0.4 is 10.1 Å². The minimum atomic E-state index is -5.20. The summed E-state index contributed by atoms with van der Waals surface area (Å²) >= 11 is 0. The van der Waals surface area contributed by atoms with Crippen molar-refractivity contribution in [1.29, 1.82) is 0 Å². The second-order valence-corrected chi connectivity index (χ2v) is 6.69. The molecule has 2 aromatic rings. The number of hydrogen-bond acceptors (Lipinski definition) is 5. The molecule has 2 unspecified atom stereocenters. The van der Waals surface area contributed by atoms with E-state index in [4.69, 9.17) is 4.74 Å². The van der Waals surface area contributed by atoms with Gasteiger partial charge in [0, 0.05) is 26.0 Å². The molecule has 1 heterocycles. The Morgan fingerprint density at radius 3 is 2.29 bits per heavy atom. The van der Waals surface area contributed by atoms with E-state index in [1.165, 1.54) is 13.2 Å². The van der Waals surface area contributed by atoms with Crippen LogP contribution in [0.2, 0.25) is 0 Å². The highest BCUT2D eigenvalue weighted by Crippen LogP contribution is 2.40. The van der Waals surface area contributed by atoms with Crippen LogP contribution in [0.15, 0.2) is 36.7 Å². The number of halogens is 6. The van der Waals surface area contributed by atoms with Crippen LogP contribution in [0.1, 0.15) is 17.8 Å². The molecule has 0 saturated heterocycles. The van der Waals surface area contributed by atoms with Crippen LogP contribution in [0.3, 0.4) is 0 Å². The third-order valence-corrected chi connectivity index (χ3v) is 4.24. The van der Waals surface area contributed by atoms with Gasteiger partial charge in [-0.1, -0.05) is 0 Å². The van der Waals surface area contributed by atoms with Crippen LogP contribution in [0.4, 0.5) is 26.3 Å². The fourth-order valence-electron chi connectivity index (χ4n) is 2.59. The van der Waals surface area contributed by atoms with E-state index in [2.05, 4.69) is 4.98 Å². The fraction of sp³-hybridized carbons (Fsp3) is 0.444. The second kappa shape index (κ2) is 9.14. The molecule has 0 saturated carbocycles. The van der Waals surface area contributed by atoms with E-state index in [1.807, 2.05) is 5.32 Å². The highest BCUT2D eigenvalue weighted by molar-refractivity contribution is 5.77. The largest absolute Gasteiger partial charge is 0.491 e. The first-order valence-corrected chi connectivity index (χ1v) is 8.76. The predicted molar refractivity (Wildman–Crippen MR) is 93.7 cm³/mol. The monoisotopic (exact) mass is 455 g/mol. The number of hydrogen-bond donors (Lipinski definition) is 3. The van der Waals surface area contributed by atoms with Gasteiger partial charge >= 0.3 is 12.4 Å². The number of aromatic nitrogens is 2. The molecule has 1 amide bonds. The summed E-state index contributed by atoms with van der Waals surface area (Å²) < 4.78 is 83.7. The van der Waals surface area contributed by atoms with Crippen LogP contribution in [0.5, 0.6) is 5.75 Å². The van der Waals surface area contributed by atoms with Gasteiger partial charge < -0.3 is 24.8 Å². The molecule has 1 aromatic heterocycles. The zero-order valence-electron chi connectivity index (χ0n) is 16.0. The number of rotatable bonds is 8. The van der Waals surface area contributed by atoms with Crippen molar-refractivity contribution in [3.05, 3.63) is 48.0 Å². The summed E-state index contributed by atoms with van der Waals surface area (Å²) in [6.45, 7) is -0.970. The Bertz CT molecular complexity index is 882. The lowest BCUT2D eigenvalue weighted by atomic mass is 9.97. The van der Waals surface area contributed by atoms with Gasteiger partial charge in [-0.15, -0.1) is 0 Å². The third-order valence-electron chi connectivity index (χ3n) is 4.24. The van der Waals surface area contributed by atoms with E-state index in [9.17, 15) is 41.4 Å². The number of nitrogens with one attached hydrogen (secondary N) is 1. The van der Waals surface area contributed by atoms with Crippen LogP contribution in [-0.2, 0) is 23.6 Å². The molecule has 0 spiro atoms. The normalized spacial score (nSPS) is 15.3. The van der Waals surface area contributed by atoms with Gasteiger partial charge in [-0.3, -0.25) is 4.79 Å². The van der Waals surface area contributed by atoms with E-state index < -0.39 is 60.9 Å². The fourth-order valence-corrected chi connectivity index (χ4v) is 2.59. The lowest BCUT2D eigenvalue weighted by molar-refractivity contribution is -0.271. The highest BCUT2D eigenvalue weighted by atomic mass is 19.4. The van der Waals surface area contributed by atoms with Gasteiger partial charge in [0.1, 0.15) is 18.5 Å². The van der Waals surface area contributed by atoms with Crippen LogP contribution >= 0.6 is 0 Å². The summed E-state index contributed by atoms with van der Waals surface area (Å²) in [4.78, 5) is 15.4. The van der Waals surface area contributed by atoms with Crippen LogP contribution in [0.25, 0.3) is 0 Å². The van der Waals surface area contributed by atoms with Gasteiger partial charge in [0.05, 0.1) is 12.0 Å². The number of carbonyl (C=O) groups excluding carboxylic acids is 1. The number of amides is 1. The maximum absolute atomic E-state index is 13.4.